The van der Waals surface area contributed by atoms with E-state index in [-0.39, 0.29) is 0 Å². The maximum Gasteiger partial charge on any atom is 0.231 e. The lowest BCUT2D eigenvalue weighted by Crippen LogP contribution is -2.43. The Hall–Kier alpha value is -3.33. The zero-order chi connectivity index (χ0) is 18.1. The van der Waals surface area contributed by atoms with E-state index in [4.69, 9.17) is 4.52 Å². The Morgan fingerprint density at radius 1 is 1.11 bits per heavy atom. The fraction of sp³-hybridized carbons (Fsp3) is 0.278. The first-order chi connectivity index (χ1) is 13.4. The third-order valence-electron chi connectivity index (χ3n) is 4.65. The molecule has 1 fully saturated rings. The molecule has 2 N–H and O–H groups in total. The van der Waals surface area contributed by atoms with Crippen molar-refractivity contribution < 1.29 is 4.52 Å². The van der Waals surface area contributed by atoms with Gasteiger partial charge in [-0.25, -0.2) is 15.0 Å². The molecule has 0 radical (unpaired) electrons. The number of nitrogens with one attached hydrogen (secondary N) is 2. The van der Waals surface area contributed by atoms with Crippen molar-refractivity contribution in [2.75, 3.05) is 31.1 Å². The molecule has 1 aliphatic rings. The van der Waals surface area contributed by atoms with Gasteiger partial charge in [0, 0.05) is 44.0 Å². The van der Waals surface area contributed by atoms with E-state index in [1.54, 1.807) is 18.6 Å². The Balaban J connectivity index is 1.34. The number of anilines is 1. The molecule has 0 aliphatic carbocycles. The lowest BCUT2D eigenvalue weighted by molar-refractivity contribution is 0.386. The van der Waals surface area contributed by atoms with Gasteiger partial charge in [0.05, 0.1) is 18.8 Å². The molecular formula is C18H18N8O. The Kier molecular flexibility index (Phi) is 3.98. The molecule has 0 bridgehead atoms. The van der Waals surface area contributed by atoms with Gasteiger partial charge in [-0.05, 0) is 17.7 Å². The zero-order valence-corrected chi connectivity index (χ0v) is 14.6. The number of aromatic nitrogens is 6. The number of aromatic amines is 1. The number of nitrogens with zero attached hydrogens (tertiary/aromatic N) is 6. The maximum absolute atomic E-state index is 5.41. The van der Waals surface area contributed by atoms with Crippen LogP contribution in [0.5, 0.6) is 0 Å². The normalized spacial score (nSPS) is 14.7. The summed E-state index contributed by atoms with van der Waals surface area (Å²) in [4.78, 5) is 23.1. The highest BCUT2D eigenvalue weighted by Crippen LogP contribution is 2.20. The van der Waals surface area contributed by atoms with Gasteiger partial charge in [-0.2, -0.15) is 4.98 Å². The van der Waals surface area contributed by atoms with Gasteiger partial charge in [-0.1, -0.05) is 5.16 Å². The first-order valence-corrected chi connectivity index (χ1v) is 8.88. The molecule has 27 heavy (non-hydrogen) atoms. The summed E-state index contributed by atoms with van der Waals surface area (Å²) in [6.45, 7) is 3.78. The van der Waals surface area contributed by atoms with Crippen molar-refractivity contribution in [3.8, 4) is 11.5 Å². The monoisotopic (exact) mass is 362 g/mol. The number of rotatable bonds is 4. The van der Waals surface area contributed by atoms with Crippen molar-refractivity contribution in [3.63, 3.8) is 0 Å². The van der Waals surface area contributed by atoms with Crippen LogP contribution in [-0.2, 0) is 6.42 Å². The van der Waals surface area contributed by atoms with Crippen LogP contribution in [0.1, 0.15) is 11.5 Å². The van der Waals surface area contributed by atoms with Crippen LogP contribution in [0.15, 0.2) is 41.4 Å². The van der Waals surface area contributed by atoms with E-state index in [2.05, 4.69) is 40.3 Å². The van der Waals surface area contributed by atoms with E-state index < -0.39 is 0 Å². The van der Waals surface area contributed by atoms with Crippen molar-refractivity contribution in [1.82, 2.24) is 35.4 Å². The van der Waals surface area contributed by atoms with Crippen molar-refractivity contribution in [2.24, 2.45) is 0 Å². The summed E-state index contributed by atoms with van der Waals surface area (Å²) in [5.41, 5.74) is 2.51. The van der Waals surface area contributed by atoms with Gasteiger partial charge < -0.3 is 19.7 Å². The van der Waals surface area contributed by atoms with Gasteiger partial charge in [-0.3, -0.25) is 0 Å². The molecule has 0 atom stereocenters. The summed E-state index contributed by atoms with van der Waals surface area (Å²) in [5.74, 6) is 1.85. The summed E-state index contributed by atoms with van der Waals surface area (Å²) in [7, 11) is 0. The van der Waals surface area contributed by atoms with Crippen LogP contribution in [0.25, 0.3) is 22.6 Å². The summed E-state index contributed by atoms with van der Waals surface area (Å²) >= 11 is 0. The highest BCUT2D eigenvalue weighted by atomic mass is 16.5. The summed E-state index contributed by atoms with van der Waals surface area (Å²) in [6.07, 6.45) is 7.67. The molecular weight excluding hydrogens is 344 g/mol. The third kappa shape index (κ3) is 3.13. The summed E-state index contributed by atoms with van der Waals surface area (Å²) in [5, 5.41) is 8.43. The van der Waals surface area contributed by atoms with Crippen molar-refractivity contribution in [3.05, 3.63) is 48.4 Å². The molecule has 0 amide bonds. The molecule has 0 saturated carbocycles. The molecule has 1 aliphatic heterocycles. The van der Waals surface area contributed by atoms with Crippen molar-refractivity contribution in [2.45, 2.75) is 6.42 Å². The number of fused-ring (bicyclic) bond motifs is 1. The van der Waals surface area contributed by atoms with E-state index in [1.807, 2.05) is 18.3 Å². The van der Waals surface area contributed by atoms with Crippen LogP contribution in [0.2, 0.25) is 0 Å². The third-order valence-corrected chi connectivity index (χ3v) is 4.65. The summed E-state index contributed by atoms with van der Waals surface area (Å²) in [6, 6.07) is 3.93. The fourth-order valence-corrected chi connectivity index (χ4v) is 3.25. The van der Waals surface area contributed by atoms with Gasteiger partial charge in [0.1, 0.15) is 17.2 Å². The van der Waals surface area contributed by atoms with Crippen LogP contribution in [0.3, 0.4) is 0 Å². The molecule has 0 aromatic carbocycles. The summed E-state index contributed by atoms with van der Waals surface area (Å²) < 4.78 is 5.41. The number of piperazine rings is 1. The molecule has 9 heteroatoms. The SMILES string of the molecule is c1cnc2[nH]cc(Cc3nc(-c4cnc(N5CCNCC5)cn4)no3)c2c1. The first kappa shape index (κ1) is 15.9. The predicted octanol–water partition coefficient (Wildman–Crippen LogP) is 1.40. The number of H-pyrrole nitrogens is 1. The van der Waals surface area contributed by atoms with Crippen LogP contribution in [0.4, 0.5) is 5.82 Å². The maximum atomic E-state index is 5.41. The second kappa shape index (κ2) is 6.76. The van der Waals surface area contributed by atoms with Gasteiger partial charge in [0.15, 0.2) is 0 Å². The van der Waals surface area contributed by atoms with E-state index >= 15 is 0 Å². The fourth-order valence-electron chi connectivity index (χ4n) is 3.25. The smallest absolute Gasteiger partial charge is 0.231 e. The molecule has 9 nitrogen and oxygen atoms in total. The highest BCUT2D eigenvalue weighted by Gasteiger charge is 2.15. The average Bonchev–Trinajstić information content (AvgIpc) is 3.37. The standard InChI is InChI=1S/C18H18N8O/c1-2-13-12(9-23-17(13)20-3-1)8-16-24-18(25-27-16)14-10-22-15(11-21-14)26-6-4-19-5-7-26/h1-3,9-11,19H,4-8H2,(H,20,23). The number of hydrogen-bond acceptors (Lipinski definition) is 8. The molecule has 1 saturated heterocycles. The second-order valence-corrected chi connectivity index (χ2v) is 6.40. The molecule has 0 spiro atoms. The minimum atomic E-state index is 0.447. The Bertz CT molecular complexity index is 1050. The molecule has 4 aromatic rings. The molecule has 5 rings (SSSR count). The van der Waals surface area contributed by atoms with Crippen molar-refractivity contribution >= 4 is 16.9 Å². The van der Waals surface area contributed by atoms with Crippen LogP contribution < -0.4 is 10.2 Å². The van der Waals surface area contributed by atoms with Crippen LogP contribution >= 0.6 is 0 Å². The van der Waals surface area contributed by atoms with E-state index in [0.717, 1.165) is 48.6 Å². The Labute approximate surface area is 154 Å². The Morgan fingerprint density at radius 3 is 2.89 bits per heavy atom. The second-order valence-electron chi connectivity index (χ2n) is 6.40. The first-order valence-electron chi connectivity index (χ1n) is 8.88. The van der Waals surface area contributed by atoms with E-state index in [0.29, 0.717) is 23.8 Å². The molecule has 136 valence electrons. The van der Waals surface area contributed by atoms with E-state index in [9.17, 15) is 0 Å². The Morgan fingerprint density at radius 2 is 2.04 bits per heavy atom. The van der Waals surface area contributed by atoms with Crippen LogP contribution in [-0.4, -0.2) is 56.3 Å². The molecule has 0 unspecified atom stereocenters. The van der Waals surface area contributed by atoms with Gasteiger partial charge in [-0.15, -0.1) is 0 Å². The van der Waals surface area contributed by atoms with Crippen molar-refractivity contribution in [1.29, 1.82) is 0 Å². The quantitative estimate of drug-likeness (QED) is 0.561. The number of pyridine rings is 1. The van der Waals surface area contributed by atoms with Crippen LogP contribution in [0, 0.1) is 0 Å². The molecule has 4 aromatic heterocycles. The highest BCUT2D eigenvalue weighted by molar-refractivity contribution is 5.79. The zero-order valence-electron chi connectivity index (χ0n) is 14.6. The average molecular weight is 362 g/mol. The van der Waals surface area contributed by atoms with Gasteiger partial charge in [0.25, 0.3) is 0 Å². The van der Waals surface area contributed by atoms with E-state index in [1.165, 1.54) is 0 Å². The molecule has 5 heterocycles. The minimum Gasteiger partial charge on any atom is -0.353 e. The van der Waals surface area contributed by atoms with Gasteiger partial charge >= 0.3 is 0 Å². The predicted molar refractivity (Wildman–Crippen MR) is 99.3 cm³/mol. The minimum absolute atomic E-state index is 0.447. The largest absolute Gasteiger partial charge is 0.353 e. The lowest BCUT2D eigenvalue weighted by Gasteiger charge is -2.27. The number of hydrogen-bond donors (Lipinski definition) is 2. The lowest BCUT2D eigenvalue weighted by atomic mass is 10.1. The van der Waals surface area contributed by atoms with Gasteiger partial charge in [0.2, 0.25) is 11.7 Å². The topological polar surface area (TPSA) is 109 Å².